The first-order valence-electron chi connectivity index (χ1n) is 6.84. The van der Waals surface area contributed by atoms with E-state index in [4.69, 9.17) is 9.47 Å². The number of likely N-dealkylation sites (tertiary alicyclic amines) is 1. The van der Waals surface area contributed by atoms with Gasteiger partial charge in [-0.25, -0.2) is 9.59 Å². The monoisotopic (exact) mass is 269 g/mol. The largest absolute Gasteiger partial charge is 0.467 e. The quantitative estimate of drug-likeness (QED) is 0.686. The summed E-state index contributed by atoms with van der Waals surface area (Å²) in [7, 11) is 1.36. The standard InChI is InChI=1S/C14H23NO4/c1-13(2,3)19-12(17)15-9-14(7-8-14)6-5-10(15)11(16)18-4/h10H,5-9H2,1-4H3. The maximum absolute atomic E-state index is 12.3. The summed E-state index contributed by atoms with van der Waals surface area (Å²) in [5.74, 6) is -0.346. The van der Waals surface area contributed by atoms with Crippen molar-refractivity contribution in [3.8, 4) is 0 Å². The smallest absolute Gasteiger partial charge is 0.411 e. The molecule has 2 fully saturated rings. The SMILES string of the molecule is COC(=O)C1CCC2(CC2)CN1C(=O)OC(C)(C)C. The molecule has 1 atom stereocenters. The molecule has 108 valence electrons. The van der Waals surface area contributed by atoms with Gasteiger partial charge < -0.3 is 9.47 Å². The Morgan fingerprint density at radius 1 is 1.21 bits per heavy atom. The van der Waals surface area contributed by atoms with Crippen molar-refractivity contribution in [2.45, 2.75) is 58.1 Å². The van der Waals surface area contributed by atoms with Gasteiger partial charge in [-0.2, -0.15) is 0 Å². The van der Waals surface area contributed by atoms with Crippen LogP contribution >= 0.6 is 0 Å². The molecule has 1 aliphatic heterocycles. The molecular formula is C14H23NO4. The zero-order chi connectivity index (χ0) is 14.3. The third-order valence-electron chi connectivity index (χ3n) is 3.89. The van der Waals surface area contributed by atoms with Crippen LogP contribution in [0.4, 0.5) is 4.79 Å². The van der Waals surface area contributed by atoms with Crippen LogP contribution in [0.15, 0.2) is 0 Å². The molecule has 0 aromatic carbocycles. The van der Waals surface area contributed by atoms with Gasteiger partial charge in [0.05, 0.1) is 7.11 Å². The third kappa shape index (κ3) is 3.19. The molecule has 2 aliphatic rings. The summed E-state index contributed by atoms with van der Waals surface area (Å²) in [5, 5.41) is 0. The van der Waals surface area contributed by atoms with Gasteiger partial charge in [-0.1, -0.05) is 0 Å². The van der Waals surface area contributed by atoms with Gasteiger partial charge >= 0.3 is 12.1 Å². The third-order valence-corrected chi connectivity index (χ3v) is 3.89. The fraction of sp³-hybridized carbons (Fsp3) is 0.857. The highest BCUT2D eigenvalue weighted by atomic mass is 16.6. The number of amides is 1. The maximum atomic E-state index is 12.3. The first kappa shape index (κ1) is 14.2. The van der Waals surface area contributed by atoms with Gasteiger partial charge in [-0.05, 0) is 51.9 Å². The molecule has 0 radical (unpaired) electrons. The molecule has 1 amide bonds. The number of esters is 1. The van der Waals surface area contributed by atoms with Crippen LogP contribution in [0.25, 0.3) is 0 Å². The van der Waals surface area contributed by atoms with Crippen molar-refractivity contribution >= 4 is 12.1 Å². The van der Waals surface area contributed by atoms with E-state index in [0.717, 1.165) is 19.3 Å². The van der Waals surface area contributed by atoms with Crippen LogP contribution in [0.1, 0.15) is 46.5 Å². The summed E-state index contributed by atoms with van der Waals surface area (Å²) in [6.45, 7) is 6.10. The molecular weight excluding hydrogens is 246 g/mol. The predicted octanol–water partition coefficient (Wildman–Crippen LogP) is 2.34. The molecule has 1 unspecified atom stereocenters. The number of rotatable bonds is 1. The van der Waals surface area contributed by atoms with Gasteiger partial charge in [0.1, 0.15) is 11.6 Å². The molecule has 1 heterocycles. The highest BCUT2D eigenvalue weighted by Gasteiger charge is 2.51. The Labute approximate surface area is 114 Å². The van der Waals surface area contributed by atoms with E-state index in [2.05, 4.69) is 0 Å². The molecule has 5 heteroatoms. The normalized spacial score (nSPS) is 25.1. The molecule has 19 heavy (non-hydrogen) atoms. The first-order valence-corrected chi connectivity index (χ1v) is 6.84. The molecule has 1 saturated heterocycles. The van der Waals surface area contributed by atoms with Crippen molar-refractivity contribution < 1.29 is 19.1 Å². The molecule has 0 bridgehead atoms. The van der Waals surface area contributed by atoms with Crippen LogP contribution in [-0.2, 0) is 14.3 Å². The number of carbonyl (C=O) groups is 2. The summed E-state index contributed by atoms with van der Waals surface area (Å²) >= 11 is 0. The summed E-state index contributed by atoms with van der Waals surface area (Å²) < 4.78 is 10.2. The zero-order valence-electron chi connectivity index (χ0n) is 12.2. The van der Waals surface area contributed by atoms with Gasteiger partial charge in [-0.3, -0.25) is 4.90 Å². The minimum Gasteiger partial charge on any atom is -0.467 e. The van der Waals surface area contributed by atoms with Crippen molar-refractivity contribution in [1.29, 1.82) is 0 Å². The number of hydrogen-bond donors (Lipinski definition) is 0. The van der Waals surface area contributed by atoms with Gasteiger partial charge in [0, 0.05) is 6.54 Å². The van der Waals surface area contributed by atoms with E-state index in [1.54, 1.807) is 4.90 Å². The molecule has 0 aromatic heterocycles. The van der Waals surface area contributed by atoms with Gasteiger partial charge in [-0.15, -0.1) is 0 Å². The van der Waals surface area contributed by atoms with Crippen LogP contribution in [-0.4, -0.2) is 42.3 Å². The lowest BCUT2D eigenvalue weighted by Gasteiger charge is -2.39. The molecule has 0 aromatic rings. The molecule has 5 nitrogen and oxygen atoms in total. The van der Waals surface area contributed by atoms with E-state index < -0.39 is 17.7 Å². The van der Waals surface area contributed by atoms with Crippen LogP contribution in [0.2, 0.25) is 0 Å². The van der Waals surface area contributed by atoms with Crippen LogP contribution < -0.4 is 0 Å². The van der Waals surface area contributed by atoms with Crippen LogP contribution in [0.3, 0.4) is 0 Å². The van der Waals surface area contributed by atoms with Gasteiger partial charge in [0.25, 0.3) is 0 Å². The van der Waals surface area contributed by atoms with Crippen molar-refractivity contribution in [2.24, 2.45) is 5.41 Å². The zero-order valence-corrected chi connectivity index (χ0v) is 12.2. The highest BCUT2D eigenvalue weighted by molar-refractivity contribution is 5.81. The Kier molecular flexibility index (Phi) is 3.49. The van der Waals surface area contributed by atoms with Crippen molar-refractivity contribution in [3.05, 3.63) is 0 Å². The fourth-order valence-corrected chi connectivity index (χ4v) is 2.63. The number of methoxy groups -OCH3 is 1. The molecule has 1 spiro atoms. The van der Waals surface area contributed by atoms with E-state index >= 15 is 0 Å². The minimum atomic E-state index is -0.550. The summed E-state index contributed by atoms with van der Waals surface area (Å²) in [5.41, 5.74) is -0.312. The summed E-state index contributed by atoms with van der Waals surface area (Å²) in [4.78, 5) is 25.6. The Morgan fingerprint density at radius 3 is 2.32 bits per heavy atom. The van der Waals surface area contributed by atoms with E-state index in [1.807, 2.05) is 20.8 Å². The Hall–Kier alpha value is -1.26. The number of carbonyl (C=O) groups excluding carboxylic acids is 2. The maximum Gasteiger partial charge on any atom is 0.411 e. The number of nitrogens with zero attached hydrogens (tertiary/aromatic N) is 1. The fourth-order valence-electron chi connectivity index (χ4n) is 2.63. The second kappa shape index (κ2) is 4.69. The predicted molar refractivity (Wildman–Crippen MR) is 69.6 cm³/mol. The number of ether oxygens (including phenoxy) is 2. The van der Waals surface area contributed by atoms with E-state index in [1.165, 1.54) is 7.11 Å². The minimum absolute atomic E-state index is 0.238. The Balaban J connectivity index is 2.11. The lowest BCUT2D eigenvalue weighted by atomic mass is 9.90. The molecule has 1 aliphatic carbocycles. The second-order valence-corrected chi connectivity index (χ2v) is 6.69. The average molecular weight is 269 g/mol. The first-order chi connectivity index (χ1) is 8.76. The van der Waals surface area contributed by atoms with E-state index in [9.17, 15) is 9.59 Å². The Bertz CT molecular complexity index is 381. The van der Waals surface area contributed by atoms with E-state index in [0.29, 0.717) is 13.0 Å². The summed E-state index contributed by atoms with van der Waals surface area (Å²) in [6, 6.07) is -0.494. The lowest BCUT2D eigenvalue weighted by Crippen LogP contribution is -2.53. The topological polar surface area (TPSA) is 55.8 Å². The summed E-state index contributed by atoms with van der Waals surface area (Å²) in [6.07, 6.45) is 3.53. The lowest BCUT2D eigenvalue weighted by molar-refractivity contribution is -0.148. The number of hydrogen-bond acceptors (Lipinski definition) is 4. The highest BCUT2D eigenvalue weighted by Crippen LogP contribution is 2.53. The van der Waals surface area contributed by atoms with Crippen LogP contribution in [0, 0.1) is 5.41 Å². The number of piperidine rings is 1. The van der Waals surface area contributed by atoms with Crippen molar-refractivity contribution in [1.82, 2.24) is 4.90 Å². The van der Waals surface area contributed by atoms with Crippen molar-refractivity contribution in [3.63, 3.8) is 0 Å². The van der Waals surface area contributed by atoms with Gasteiger partial charge in [0.15, 0.2) is 0 Å². The molecule has 0 N–H and O–H groups in total. The average Bonchev–Trinajstić information content (AvgIpc) is 3.05. The van der Waals surface area contributed by atoms with Gasteiger partial charge in [0.2, 0.25) is 0 Å². The van der Waals surface area contributed by atoms with Crippen molar-refractivity contribution in [2.75, 3.05) is 13.7 Å². The molecule has 2 rings (SSSR count). The molecule has 1 saturated carbocycles. The second-order valence-electron chi connectivity index (χ2n) is 6.69. The van der Waals surface area contributed by atoms with E-state index in [-0.39, 0.29) is 11.4 Å². The Morgan fingerprint density at radius 2 is 1.84 bits per heavy atom. The van der Waals surface area contributed by atoms with Crippen LogP contribution in [0.5, 0.6) is 0 Å².